The summed E-state index contributed by atoms with van der Waals surface area (Å²) in [5.41, 5.74) is 1.21. The predicted octanol–water partition coefficient (Wildman–Crippen LogP) is 2.80. The summed E-state index contributed by atoms with van der Waals surface area (Å²) >= 11 is 0. The number of halogens is 1. The maximum Gasteiger partial charge on any atom is 0.195 e. The van der Waals surface area contributed by atoms with Crippen LogP contribution in [-0.2, 0) is 0 Å². The molecular weight excluding hydrogens is 337 g/mol. The minimum atomic E-state index is 0. The van der Waals surface area contributed by atoms with Gasteiger partial charge in [0.15, 0.2) is 5.96 Å². The summed E-state index contributed by atoms with van der Waals surface area (Å²) in [6.07, 6.45) is 4.16. The van der Waals surface area contributed by atoms with Gasteiger partial charge < -0.3 is 9.80 Å². The highest BCUT2D eigenvalue weighted by atomic mass is 127. The van der Waals surface area contributed by atoms with E-state index in [0.717, 1.165) is 5.96 Å². The number of nitrogens with zero attached hydrogens (tertiary/aromatic N) is 3. The molecule has 0 bridgehead atoms. The van der Waals surface area contributed by atoms with Crippen LogP contribution in [0.4, 0.5) is 0 Å². The number of guanidine groups is 1. The van der Waals surface area contributed by atoms with E-state index in [0.29, 0.717) is 6.54 Å². The van der Waals surface area contributed by atoms with E-state index in [-0.39, 0.29) is 24.0 Å². The fourth-order valence-corrected chi connectivity index (χ4v) is 1.57. The Kier molecular flexibility index (Phi) is 8.45. The minimum absolute atomic E-state index is 0. The van der Waals surface area contributed by atoms with Crippen LogP contribution in [0.25, 0.3) is 6.08 Å². The van der Waals surface area contributed by atoms with Crippen LogP contribution >= 0.6 is 24.0 Å². The van der Waals surface area contributed by atoms with E-state index >= 15 is 0 Å². The molecule has 4 heteroatoms. The van der Waals surface area contributed by atoms with Crippen LogP contribution < -0.4 is 0 Å². The Balaban J connectivity index is 0.00000289. The van der Waals surface area contributed by atoms with Crippen molar-refractivity contribution in [2.75, 3.05) is 34.7 Å². The minimum Gasteiger partial charge on any atom is -0.349 e. The molecule has 3 nitrogen and oxygen atoms in total. The maximum atomic E-state index is 4.52. The largest absolute Gasteiger partial charge is 0.349 e. The topological polar surface area (TPSA) is 18.8 Å². The van der Waals surface area contributed by atoms with Crippen molar-refractivity contribution in [1.82, 2.24) is 9.80 Å². The van der Waals surface area contributed by atoms with Gasteiger partial charge in [-0.25, -0.2) is 4.99 Å². The lowest BCUT2D eigenvalue weighted by atomic mass is 10.2. The van der Waals surface area contributed by atoms with E-state index in [2.05, 4.69) is 29.3 Å². The lowest BCUT2D eigenvalue weighted by Gasteiger charge is -2.22. The first-order valence-electron chi connectivity index (χ1n) is 5.72. The molecule has 0 saturated carbocycles. The Morgan fingerprint density at radius 2 is 1.61 bits per heavy atom. The summed E-state index contributed by atoms with van der Waals surface area (Å²) in [6.45, 7) is 0.695. The van der Waals surface area contributed by atoms with Gasteiger partial charge >= 0.3 is 0 Å². The molecule has 1 rings (SSSR count). The average Bonchev–Trinajstić information content (AvgIpc) is 2.29. The first-order chi connectivity index (χ1) is 8.11. The Morgan fingerprint density at radius 3 is 2.11 bits per heavy atom. The molecule has 0 aromatic heterocycles. The quantitative estimate of drug-likeness (QED) is 0.470. The number of benzene rings is 1. The van der Waals surface area contributed by atoms with Gasteiger partial charge in [0.25, 0.3) is 0 Å². The van der Waals surface area contributed by atoms with Crippen LogP contribution in [0.5, 0.6) is 0 Å². The molecule has 0 aliphatic rings. The third kappa shape index (κ3) is 6.05. The second kappa shape index (κ2) is 8.97. The van der Waals surface area contributed by atoms with E-state index in [1.165, 1.54) is 5.56 Å². The summed E-state index contributed by atoms with van der Waals surface area (Å²) in [5, 5.41) is 0. The zero-order valence-electron chi connectivity index (χ0n) is 11.5. The Morgan fingerprint density at radius 1 is 1.06 bits per heavy atom. The van der Waals surface area contributed by atoms with E-state index in [1.54, 1.807) is 0 Å². The molecule has 0 aliphatic heterocycles. The highest BCUT2D eigenvalue weighted by molar-refractivity contribution is 14.0. The molecule has 0 atom stereocenters. The highest BCUT2D eigenvalue weighted by Crippen LogP contribution is 2.00. The Bertz CT molecular complexity index is 373. The predicted molar refractivity (Wildman–Crippen MR) is 90.6 cm³/mol. The van der Waals surface area contributed by atoms with Crippen LogP contribution in [0, 0.1) is 0 Å². The average molecular weight is 359 g/mol. The maximum absolute atomic E-state index is 4.52. The van der Waals surface area contributed by atoms with Gasteiger partial charge in [0.05, 0.1) is 6.54 Å². The molecule has 0 spiro atoms. The molecule has 0 N–H and O–H groups in total. The summed E-state index contributed by atoms with van der Waals surface area (Å²) in [4.78, 5) is 8.54. The zero-order valence-corrected chi connectivity index (χ0v) is 13.8. The molecule has 100 valence electrons. The van der Waals surface area contributed by atoms with Crippen molar-refractivity contribution < 1.29 is 0 Å². The van der Waals surface area contributed by atoms with Gasteiger partial charge in [-0.05, 0) is 5.56 Å². The van der Waals surface area contributed by atoms with Crippen LogP contribution in [0.2, 0.25) is 0 Å². The molecule has 18 heavy (non-hydrogen) atoms. The molecule has 0 unspecified atom stereocenters. The van der Waals surface area contributed by atoms with E-state index < -0.39 is 0 Å². The normalized spacial score (nSPS) is 9.78. The number of aliphatic imine (C=N–C) groups is 1. The van der Waals surface area contributed by atoms with Crippen molar-refractivity contribution in [3.8, 4) is 0 Å². The fourth-order valence-electron chi connectivity index (χ4n) is 1.57. The Labute approximate surface area is 127 Å². The molecule has 1 aromatic rings. The van der Waals surface area contributed by atoms with Crippen LogP contribution in [0.15, 0.2) is 41.4 Å². The lowest BCUT2D eigenvalue weighted by molar-refractivity contribution is 0.481. The molecule has 0 radical (unpaired) electrons. The van der Waals surface area contributed by atoms with Crippen molar-refractivity contribution in [3.63, 3.8) is 0 Å². The first-order valence-corrected chi connectivity index (χ1v) is 5.72. The van der Waals surface area contributed by atoms with Crippen molar-refractivity contribution in [2.45, 2.75) is 0 Å². The van der Waals surface area contributed by atoms with Crippen LogP contribution in [0.1, 0.15) is 5.56 Å². The smallest absolute Gasteiger partial charge is 0.195 e. The van der Waals surface area contributed by atoms with Crippen LogP contribution in [0.3, 0.4) is 0 Å². The fraction of sp³-hybridized carbons (Fsp3) is 0.357. The SMILES string of the molecule is CN(C)C(=NCC=Cc1ccccc1)N(C)C.I. The second-order valence-corrected chi connectivity index (χ2v) is 4.24. The zero-order chi connectivity index (χ0) is 12.7. The summed E-state index contributed by atoms with van der Waals surface area (Å²) in [6, 6.07) is 10.3. The van der Waals surface area contributed by atoms with Crippen molar-refractivity contribution in [1.29, 1.82) is 0 Å². The first kappa shape index (κ1) is 17.0. The molecule has 0 amide bonds. The van der Waals surface area contributed by atoms with E-state index in [1.807, 2.05) is 56.2 Å². The molecule has 0 aliphatic carbocycles. The summed E-state index contributed by atoms with van der Waals surface area (Å²) in [5.74, 6) is 0.975. The van der Waals surface area contributed by atoms with Crippen molar-refractivity contribution >= 4 is 36.0 Å². The number of hydrogen-bond donors (Lipinski definition) is 0. The highest BCUT2D eigenvalue weighted by Gasteiger charge is 2.01. The van der Waals surface area contributed by atoms with Gasteiger partial charge in [-0.1, -0.05) is 42.5 Å². The van der Waals surface area contributed by atoms with Gasteiger partial charge in [-0.3, -0.25) is 0 Å². The lowest BCUT2D eigenvalue weighted by Crippen LogP contribution is -2.35. The van der Waals surface area contributed by atoms with Gasteiger partial charge in [0, 0.05) is 28.2 Å². The van der Waals surface area contributed by atoms with Gasteiger partial charge in [0.1, 0.15) is 0 Å². The van der Waals surface area contributed by atoms with Crippen molar-refractivity contribution in [2.24, 2.45) is 4.99 Å². The monoisotopic (exact) mass is 359 g/mol. The number of hydrogen-bond acceptors (Lipinski definition) is 1. The molecular formula is C14H22IN3. The standard InChI is InChI=1S/C14H21N3.HI/c1-16(2)14(17(3)4)15-12-8-11-13-9-6-5-7-10-13;/h5-11H,12H2,1-4H3;1H. The summed E-state index contributed by atoms with van der Waals surface area (Å²) in [7, 11) is 8.00. The molecule has 0 heterocycles. The molecule has 0 saturated heterocycles. The van der Waals surface area contributed by atoms with Crippen molar-refractivity contribution in [3.05, 3.63) is 42.0 Å². The number of rotatable bonds is 3. The Hall–Kier alpha value is -1.04. The summed E-state index contributed by atoms with van der Waals surface area (Å²) < 4.78 is 0. The second-order valence-electron chi connectivity index (χ2n) is 4.24. The van der Waals surface area contributed by atoms with E-state index in [9.17, 15) is 0 Å². The van der Waals surface area contributed by atoms with Gasteiger partial charge in [-0.15, -0.1) is 24.0 Å². The molecule has 1 aromatic carbocycles. The third-order valence-corrected chi connectivity index (χ3v) is 2.25. The van der Waals surface area contributed by atoms with Gasteiger partial charge in [0.2, 0.25) is 0 Å². The van der Waals surface area contributed by atoms with Crippen LogP contribution in [-0.4, -0.2) is 50.5 Å². The van der Waals surface area contributed by atoms with Gasteiger partial charge in [-0.2, -0.15) is 0 Å². The third-order valence-electron chi connectivity index (χ3n) is 2.25. The molecule has 0 fully saturated rings. The van der Waals surface area contributed by atoms with E-state index in [4.69, 9.17) is 0 Å².